The van der Waals surface area contributed by atoms with E-state index in [2.05, 4.69) is 10.3 Å². The molecule has 0 aliphatic rings. The molecular formula is C20H18F3IN2O2. The highest BCUT2D eigenvalue weighted by Crippen LogP contribution is 2.31. The molecule has 4 nitrogen and oxygen atoms in total. The third kappa shape index (κ3) is 6.36. The van der Waals surface area contributed by atoms with Crippen molar-refractivity contribution >= 4 is 32.8 Å². The number of benzene rings is 2. The first-order valence-corrected chi connectivity index (χ1v) is 9.59. The van der Waals surface area contributed by atoms with Gasteiger partial charge in [-0.15, -0.1) is 0 Å². The number of hydrogen-bond acceptors (Lipinski definition) is 4. The average Bonchev–Trinajstić information content (AvgIpc) is 2.68. The number of carbonyl (C=O) groups excluding carboxylic acids is 1. The van der Waals surface area contributed by atoms with Gasteiger partial charge in [0.15, 0.2) is 0 Å². The zero-order chi connectivity index (χ0) is 20.6. The number of esters is 1. The van der Waals surface area contributed by atoms with Crippen LogP contribution >= 0.6 is 22.6 Å². The van der Waals surface area contributed by atoms with Gasteiger partial charge in [0.2, 0.25) is 0 Å². The van der Waals surface area contributed by atoms with Crippen LogP contribution < -0.4 is 5.32 Å². The molecule has 0 saturated heterocycles. The maximum absolute atomic E-state index is 12.7. The molecule has 0 saturated carbocycles. The standard InChI is InChI=1S/C20H18F3IN2O2/c1-2-28-19(27)18(12-25-13-24)26-11-14-3-5-15(6-4-14)16-7-9-17(10-8-16)20(21,22)23/h3-10,12-13,26H,2,11H2,1H3/b18-12-,25-13-. The van der Waals surface area contributed by atoms with Crippen molar-refractivity contribution in [3.8, 4) is 11.1 Å². The van der Waals surface area contributed by atoms with E-state index in [-0.39, 0.29) is 12.3 Å². The van der Waals surface area contributed by atoms with E-state index in [1.807, 2.05) is 46.9 Å². The lowest BCUT2D eigenvalue weighted by Crippen LogP contribution is -2.22. The molecule has 0 radical (unpaired) electrons. The fourth-order valence-electron chi connectivity index (χ4n) is 2.35. The van der Waals surface area contributed by atoms with Gasteiger partial charge in [-0.1, -0.05) is 36.4 Å². The summed E-state index contributed by atoms with van der Waals surface area (Å²) in [6.07, 6.45) is -2.96. The summed E-state index contributed by atoms with van der Waals surface area (Å²) in [5.74, 6) is -0.495. The first-order valence-electron chi connectivity index (χ1n) is 8.34. The molecule has 0 aromatic heterocycles. The molecule has 0 fully saturated rings. The number of rotatable bonds is 7. The maximum atomic E-state index is 12.7. The Morgan fingerprint density at radius 2 is 1.68 bits per heavy atom. The van der Waals surface area contributed by atoms with Gasteiger partial charge >= 0.3 is 12.1 Å². The third-order valence-electron chi connectivity index (χ3n) is 3.74. The third-order valence-corrected chi connectivity index (χ3v) is 4.06. The van der Waals surface area contributed by atoms with Crippen molar-refractivity contribution in [2.24, 2.45) is 4.99 Å². The van der Waals surface area contributed by atoms with Gasteiger partial charge in [-0.2, -0.15) is 13.2 Å². The second-order valence-electron chi connectivity index (χ2n) is 5.64. The summed E-state index contributed by atoms with van der Waals surface area (Å²) >= 11 is 1.94. The van der Waals surface area contributed by atoms with Gasteiger partial charge in [0.1, 0.15) is 5.70 Å². The predicted molar refractivity (Wildman–Crippen MR) is 111 cm³/mol. The van der Waals surface area contributed by atoms with Crippen LogP contribution in [0.3, 0.4) is 0 Å². The van der Waals surface area contributed by atoms with Crippen LogP contribution in [0.5, 0.6) is 0 Å². The first kappa shape index (κ1) is 21.9. The SMILES string of the molecule is CCOC(=O)/C(=C/N=C\I)NCc1ccc(-c2ccc(C(F)(F)F)cc2)cc1. The molecule has 0 atom stereocenters. The Balaban J connectivity index is 2.06. The van der Waals surface area contributed by atoms with E-state index in [1.54, 1.807) is 6.92 Å². The summed E-state index contributed by atoms with van der Waals surface area (Å²) in [4.78, 5) is 15.8. The fourth-order valence-corrected chi connectivity index (χ4v) is 2.51. The van der Waals surface area contributed by atoms with Crippen LogP contribution in [0.1, 0.15) is 18.1 Å². The minimum Gasteiger partial charge on any atom is -0.461 e. The van der Waals surface area contributed by atoms with E-state index in [4.69, 9.17) is 4.74 Å². The number of carbonyl (C=O) groups is 1. The van der Waals surface area contributed by atoms with E-state index in [0.29, 0.717) is 12.1 Å². The number of ether oxygens (including phenoxy) is 1. The number of aliphatic imine (C=N–C) groups is 1. The zero-order valence-corrected chi connectivity index (χ0v) is 17.1. The average molecular weight is 502 g/mol. The number of nitrogens with one attached hydrogen (secondary N) is 1. The molecule has 8 heteroatoms. The Morgan fingerprint density at radius 1 is 1.11 bits per heavy atom. The van der Waals surface area contributed by atoms with E-state index in [9.17, 15) is 18.0 Å². The quantitative estimate of drug-likeness (QED) is 0.241. The molecule has 0 aliphatic carbocycles. The van der Waals surface area contributed by atoms with Crippen molar-refractivity contribution in [3.63, 3.8) is 0 Å². The van der Waals surface area contributed by atoms with Crippen molar-refractivity contribution in [3.05, 3.63) is 71.6 Å². The molecule has 1 N–H and O–H groups in total. The van der Waals surface area contributed by atoms with Crippen molar-refractivity contribution in [1.82, 2.24) is 5.32 Å². The van der Waals surface area contributed by atoms with Crippen LogP contribution in [0.15, 0.2) is 65.4 Å². The number of hydrogen-bond donors (Lipinski definition) is 1. The second-order valence-corrected chi connectivity index (χ2v) is 6.19. The second kappa shape index (κ2) is 10.3. The molecule has 28 heavy (non-hydrogen) atoms. The highest BCUT2D eigenvalue weighted by atomic mass is 127. The van der Waals surface area contributed by atoms with Crippen LogP contribution in [0.25, 0.3) is 11.1 Å². The monoisotopic (exact) mass is 502 g/mol. The summed E-state index contributed by atoms with van der Waals surface area (Å²) in [6.45, 7) is 2.35. The Kier molecular flexibility index (Phi) is 8.04. The lowest BCUT2D eigenvalue weighted by molar-refractivity contribution is -0.139. The summed E-state index contributed by atoms with van der Waals surface area (Å²) in [5.41, 5.74) is 1.94. The van der Waals surface area contributed by atoms with Gasteiger partial charge in [0, 0.05) is 6.54 Å². The van der Waals surface area contributed by atoms with Crippen molar-refractivity contribution in [2.75, 3.05) is 6.61 Å². The molecule has 0 unspecified atom stereocenters. The van der Waals surface area contributed by atoms with Crippen molar-refractivity contribution in [2.45, 2.75) is 19.6 Å². The van der Waals surface area contributed by atoms with Crippen LogP contribution in [-0.4, -0.2) is 16.8 Å². The molecule has 0 spiro atoms. The van der Waals surface area contributed by atoms with Gasteiger partial charge in [-0.25, -0.2) is 4.79 Å². The van der Waals surface area contributed by atoms with Crippen LogP contribution in [0.4, 0.5) is 13.2 Å². The number of halogens is 4. The highest BCUT2D eigenvalue weighted by molar-refractivity contribution is 14.1. The van der Waals surface area contributed by atoms with E-state index >= 15 is 0 Å². The molecule has 0 heterocycles. The Bertz CT molecular complexity index is 845. The minimum absolute atomic E-state index is 0.238. The summed E-state index contributed by atoms with van der Waals surface area (Å²) in [7, 11) is 0. The number of alkyl halides is 3. The van der Waals surface area contributed by atoms with Gasteiger partial charge in [-0.05, 0) is 58.3 Å². The van der Waals surface area contributed by atoms with Gasteiger partial charge in [0.05, 0.1) is 22.6 Å². The van der Waals surface area contributed by atoms with Crippen LogP contribution in [-0.2, 0) is 22.3 Å². The highest BCUT2D eigenvalue weighted by Gasteiger charge is 2.29. The molecule has 0 aliphatic heterocycles. The van der Waals surface area contributed by atoms with Crippen LogP contribution in [0.2, 0.25) is 0 Å². The molecule has 2 rings (SSSR count). The topological polar surface area (TPSA) is 50.7 Å². The Morgan fingerprint density at radius 3 is 2.18 bits per heavy atom. The minimum atomic E-state index is -4.35. The zero-order valence-electron chi connectivity index (χ0n) is 15.0. The maximum Gasteiger partial charge on any atom is 0.416 e. The smallest absolute Gasteiger partial charge is 0.416 e. The molecule has 148 valence electrons. The van der Waals surface area contributed by atoms with E-state index in [0.717, 1.165) is 23.3 Å². The van der Waals surface area contributed by atoms with Gasteiger partial charge in [0.25, 0.3) is 0 Å². The molecule has 2 aromatic rings. The van der Waals surface area contributed by atoms with Crippen LogP contribution in [0, 0.1) is 0 Å². The molecule has 0 amide bonds. The summed E-state index contributed by atoms with van der Waals surface area (Å²) < 4.78 is 44.5. The molecular weight excluding hydrogens is 484 g/mol. The molecule has 0 bridgehead atoms. The summed E-state index contributed by atoms with van der Waals surface area (Å²) in [6, 6.07) is 12.3. The fraction of sp³-hybridized carbons (Fsp3) is 0.200. The largest absolute Gasteiger partial charge is 0.461 e. The van der Waals surface area contributed by atoms with Gasteiger partial charge < -0.3 is 10.1 Å². The van der Waals surface area contributed by atoms with Crippen molar-refractivity contribution in [1.29, 1.82) is 0 Å². The van der Waals surface area contributed by atoms with Crippen molar-refractivity contribution < 1.29 is 22.7 Å². The number of nitrogens with zero attached hydrogens (tertiary/aromatic N) is 1. The Labute approximate surface area is 174 Å². The first-order chi connectivity index (χ1) is 13.3. The Hall–Kier alpha value is -2.36. The van der Waals surface area contributed by atoms with E-state index < -0.39 is 17.7 Å². The summed E-state index contributed by atoms with van der Waals surface area (Å²) in [5, 5.41) is 2.98. The predicted octanol–water partition coefficient (Wildman–Crippen LogP) is 5.33. The van der Waals surface area contributed by atoms with Gasteiger partial charge in [-0.3, -0.25) is 4.99 Å². The normalized spacial score (nSPS) is 12.2. The van der Waals surface area contributed by atoms with E-state index in [1.165, 1.54) is 22.6 Å². The lowest BCUT2D eigenvalue weighted by atomic mass is 10.0. The molecule has 2 aromatic carbocycles. The lowest BCUT2D eigenvalue weighted by Gasteiger charge is -2.10.